The summed E-state index contributed by atoms with van der Waals surface area (Å²) in [5.41, 5.74) is 0. The predicted octanol–water partition coefficient (Wildman–Crippen LogP) is -0.854. The molecule has 1 unspecified atom stereocenters. The molecule has 0 radical (unpaired) electrons. The lowest BCUT2D eigenvalue weighted by molar-refractivity contribution is -0.125. The number of rotatable bonds is 3. The molecule has 0 aromatic heterocycles. The molecule has 5 nitrogen and oxygen atoms in total. The van der Waals surface area contributed by atoms with Crippen LogP contribution in [0.25, 0.3) is 0 Å². The van der Waals surface area contributed by atoms with Gasteiger partial charge in [0, 0.05) is 12.6 Å². The minimum atomic E-state index is -0.290. The molecule has 0 spiro atoms. The fourth-order valence-electron chi connectivity index (χ4n) is 1.01. The van der Waals surface area contributed by atoms with Crippen LogP contribution in [0.3, 0.4) is 0 Å². The summed E-state index contributed by atoms with van der Waals surface area (Å²) in [6.45, 7) is 2.48. The van der Waals surface area contributed by atoms with Crippen molar-refractivity contribution in [3.8, 4) is 0 Å². The third-order valence-corrected chi connectivity index (χ3v) is 1.89. The molecule has 1 aliphatic rings. The third-order valence-electron chi connectivity index (χ3n) is 1.89. The first-order chi connectivity index (χ1) is 5.65. The first kappa shape index (κ1) is 8.99. The summed E-state index contributed by atoms with van der Waals surface area (Å²) in [6.07, 6.45) is 0. The van der Waals surface area contributed by atoms with Crippen LogP contribution in [0.1, 0.15) is 6.92 Å². The molecule has 0 saturated carbocycles. The van der Waals surface area contributed by atoms with Crippen LogP contribution < -0.4 is 10.6 Å². The van der Waals surface area contributed by atoms with Crippen molar-refractivity contribution in [2.75, 3.05) is 20.1 Å². The van der Waals surface area contributed by atoms with E-state index in [4.69, 9.17) is 0 Å². The zero-order chi connectivity index (χ0) is 9.14. The van der Waals surface area contributed by atoms with E-state index in [1.165, 1.54) is 4.90 Å². The summed E-state index contributed by atoms with van der Waals surface area (Å²) in [5, 5.41) is 5.42. The quantitative estimate of drug-likeness (QED) is 0.543. The number of hydrogen-bond acceptors (Lipinski definition) is 3. The van der Waals surface area contributed by atoms with Gasteiger partial charge in [0.2, 0.25) is 5.91 Å². The van der Waals surface area contributed by atoms with Crippen LogP contribution in [0.2, 0.25) is 0 Å². The average Bonchev–Trinajstić information content (AvgIpc) is 2.35. The van der Waals surface area contributed by atoms with Crippen molar-refractivity contribution in [1.29, 1.82) is 0 Å². The fraction of sp³-hybridized carbons (Fsp3) is 0.714. The van der Waals surface area contributed by atoms with E-state index < -0.39 is 0 Å². The molecule has 68 valence electrons. The Kier molecular flexibility index (Phi) is 2.65. The van der Waals surface area contributed by atoms with Crippen molar-refractivity contribution in [2.24, 2.45) is 0 Å². The van der Waals surface area contributed by atoms with Gasteiger partial charge in [-0.1, -0.05) is 0 Å². The van der Waals surface area contributed by atoms with E-state index >= 15 is 0 Å². The Morgan fingerprint density at radius 3 is 2.75 bits per heavy atom. The summed E-state index contributed by atoms with van der Waals surface area (Å²) in [4.78, 5) is 23.3. The number of urea groups is 1. The van der Waals surface area contributed by atoms with Crippen molar-refractivity contribution < 1.29 is 9.59 Å². The summed E-state index contributed by atoms with van der Waals surface area (Å²) in [6, 6.07) is -0.153. The maximum absolute atomic E-state index is 11.1. The highest BCUT2D eigenvalue weighted by molar-refractivity contribution is 6.01. The minimum Gasteiger partial charge on any atom is -0.329 e. The van der Waals surface area contributed by atoms with Gasteiger partial charge in [-0.15, -0.1) is 0 Å². The molecule has 0 aromatic rings. The fourth-order valence-corrected chi connectivity index (χ4v) is 1.01. The number of hydrogen-bond donors (Lipinski definition) is 2. The highest BCUT2D eigenvalue weighted by Gasteiger charge is 2.28. The zero-order valence-electron chi connectivity index (χ0n) is 7.26. The lowest BCUT2D eigenvalue weighted by atomic mass is 10.3. The van der Waals surface area contributed by atoms with Crippen molar-refractivity contribution in [1.82, 2.24) is 15.5 Å². The van der Waals surface area contributed by atoms with Gasteiger partial charge >= 0.3 is 6.03 Å². The molecule has 1 heterocycles. The second-order valence-electron chi connectivity index (χ2n) is 2.85. The van der Waals surface area contributed by atoms with Gasteiger partial charge in [-0.2, -0.15) is 0 Å². The SMILES string of the molecule is CNC(C)CN1C(=O)CNC1=O. The molecule has 1 rings (SSSR count). The molecule has 12 heavy (non-hydrogen) atoms. The molecular weight excluding hydrogens is 158 g/mol. The van der Waals surface area contributed by atoms with Crippen LogP contribution in [0.5, 0.6) is 0 Å². The number of carbonyl (C=O) groups is 2. The average molecular weight is 171 g/mol. The number of imide groups is 1. The van der Waals surface area contributed by atoms with E-state index in [-0.39, 0.29) is 24.5 Å². The molecule has 1 atom stereocenters. The molecule has 5 heteroatoms. The maximum atomic E-state index is 11.1. The Morgan fingerprint density at radius 2 is 2.33 bits per heavy atom. The number of carbonyl (C=O) groups excluding carboxylic acids is 2. The smallest absolute Gasteiger partial charge is 0.324 e. The lowest BCUT2D eigenvalue weighted by Gasteiger charge is -2.17. The van der Waals surface area contributed by atoms with Gasteiger partial charge < -0.3 is 10.6 Å². The summed E-state index contributed by atoms with van der Waals surface area (Å²) >= 11 is 0. The van der Waals surface area contributed by atoms with E-state index in [1.54, 1.807) is 7.05 Å². The zero-order valence-corrected chi connectivity index (χ0v) is 7.26. The maximum Gasteiger partial charge on any atom is 0.324 e. The Balaban J connectivity index is 2.50. The summed E-state index contributed by atoms with van der Waals surface area (Å²) < 4.78 is 0. The standard InChI is InChI=1S/C7H13N3O2/c1-5(8-2)4-10-6(11)3-9-7(10)12/h5,8H,3-4H2,1-2H3,(H,9,12). The second-order valence-corrected chi connectivity index (χ2v) is 2.85. The van der Waals surface area contributed by atoms with Crippen molar-refractivity contribution >= 4 is 11.9 Å². The first-order valence-electron chi connectivity index (χ1n) is 3.90. The van der Waals surface area contributed by atoms with Crippen LogP contribution in [-0.2, 0) is 4.79 Å². The second kappa shape index (κ2) is 3.53. The van der Waals surface area contributed by atoms with Gasteiger partial charge in [0.05, 0.1) is 6.54 Å². The Labute approximate surface area is 71.1 Å². The van der Waals surface area contributed by atoms with Gasteiger partial charge in [0.1, 0.15) is 0 Å². The van der Waals surface area contributed by atoms with E-state index in [1.807, 2.05) is 6.92 Å². The topological polar surface area (TPSA) is 61.4 Å². The van der Waals surface area contributed by atoms with Crippen molar-refractivity contribution in [3.05, 3.63) is 0 Å². The minimum absolute atomic E-state index is 0.134. The van der Waals surface area contributed by atoms with Gasteiger partial charge in [0.15, 0.2) is 0 Å². The van der Waals surface area contributed by atoms with Gasteiger partial charge in [-0.25, -0.2) is 4.79 Å². The van der Waals surface area contributed by atoms with Crippen LogP contribution in [0.15, 0.2) is 0 Å². The Bertz CT molecular complexity index is 189. The molecular formula is C7H13N3O2. The van der Waals surface area contributed by atoms with Crippen LogP contribution in [-0.4, -0.2) is 43.0 Å². The number of amides is 3. The van der Waals surface area contributed by atoms with Crippen LogP contribution >= 0.6 is 0 Å². The Hall–Kier alpha value is -1.10. The van der Waals surface area contributed by atoms with E-state index in [0.717, 1.165) is 0 Å². The van der Waals surface area contributed by atoms with Gasteiger partial charge in [-0.3, -0.25) is 9.69 Å². The van der Waals surface area contributed by atoms with Crippen LogP contribution in [0, 0.1) is 0 Å². The normalized spacial score (nSPS) is 19.7. The molecule has 2 N–H and O–H groups in total. The molecule has 3 amide bonds. The lowest BCUT2D eigenvalue weighted by Crippen LogP contribution is -2.41. The van der Waals surface area contributed by atoms with Crippen molar-refractivity contribution in [3.63, 3.8) is 0 Å². The first-order valence-corrected chi connectivity index (χ1v) is 3.90. The molecule has 0 bridgehead atoms. The van der Waals surface area contributed by atoms with E-state index in [2.05, 4.69) is 10.6 Å². The molecule has 0 aromatic carbocycles. The third kappa shape index (κ3) is 1.73. The Morgan fingerprint density at radius 1 is 1.67 bits per heavy atom. The highest BCUT2D eigenvalue weighted by atomic mass is 16.2. The number of nitrogens with one attached hydrogen (secondary N) is 2. The molecule has 1 saturated heterocycles. The van der Waals surface area contributed by atoms with E-state index in [9.17, 15) is 9.59 Å². The van der Waals surface area contributed by atoms with Crippen LogP contribution in [0.4, 0.5) is 4.79 Å². The summed E-state index contributed by atoms with van der Waals surface area (Å²) in [5.74, 6) is -0.151. The van der Waals surface area contributed by atoms with Crippen molar-refractivity contribution in [2.45, 2.75) is 13.0 Å². The highest BCUT2D eigenvalue weighted by Crippen LogP contribution is 1.99. The monoisotopic (exact) mass is 171 g/mol. The molecule has 0 aliphatic carbocycles. The van der Waals surface area contributed by atoms with E-state index in [0.29, 0.717) is 6.54 Å². The number of likely N-dealkylation sites (N-methyl/N-ethyl adjacent to an activating group) is 1. The number of nitrogens with zero attached hydrogens (tertiary/aromatic N) is 1. The molecule has 1 fully saturated rings. The molecule has 1 aliphatic heterocycles. The predicted molar refractivity (Wildman–Crippen MR) is 43.6 cm³/mol. The van der Waals surface area contributed by atoms with Gasteiger partial charge in [0.25, 0.3) is 0 Å². The summed E-state index contributed by atoms with van der Waals surface area (Å²) in [7, 11) is 1.79. The van der Waals surface area contributed by atoms with Gasteiger partial charge in [-0.05, 0) is 14.0 Å². The largest absolute Gasteiger partial charge is 0.329 e.